The molecule has 2 aliphatic rings. The van der Waals surface area contributed by atoms with Gasteiger partial charge in [0.1, 0.15) is 11.9 Å². The molecule has 0 radical (unpaired) electrons. The number of amides is 3. The lowest BCUT2D eigenvalue weighted by atomic mass is 10.1. The topological polar surface area (TPSA) is 76.2 Å². The van der Waals surface area contributed by atoms with Gasteiger partial charge in [0.25, 0.3) is 11.8 Å². The molecule has 5 rings (SSSR count). The van der Waals surface area contributed by atoms with Gasteiger partial charge in [0.05, 0.1) is 12.1 Å². The maximum Gasteiger partial charge on any atom is 0.257 e. The molecule has 0 N–H and O–H groups in total. The first-order chi connectivity index (χ1) is 16.4. The monoisotopic (exact) mass is 460 g/mol. The van der Waals surface area contributed by atoms with E-state index < -0.39 is 23.7 Å². The van der Waals surface area contributed by atoms with Crippen molar-refractivity contribution in [3.63, 3.8) is 0 Å². The number of halogens is 1. The third-order valence-corrected chi connectivity index (χ3v) is 5.90. The van der Waals surface area contributed by atoms with E-state index in [1.807, 2.05) is 13.0 Å². The fraction of sp³-hybridized carbons (Fsp3) is 0.192. The Morgan fingerprint density at radius 1 is 1.03 bits per heavy atom. The lowest BCUT2D eigenvalue weighted by molar-refractivity contribution is -0.122. The third kappa shape index (κ3) is 3.98. The number of aryl methyl sites for hydroxylation is 1. The van der Waals surface area contributed by atoms with Crippen molar-refractivity contribution in [3.05, 3.63) is 89.2 Å². The summed E-state index contributed by atoms with van der Waals surface area (Å²) in [4.78, 5) is 42.3. The Kier molecular flexibility index (Phi) is 5.49. The van der Waals surface area contributed by atoms with Crippen LogP contribution in [0.1, 0.15) is 27.9 Å². The standard InChI is InChI=1S/C26H21FN2O5/c1-16-3-2-4-18(11-16)25(31)28(14-17-5-10-22-23(12-17)34-15-33-22)21-13-24(30)29(26(21)32)20-8-6-19(27)7-9-20/h2-12,21H,13-15H2,1H3. The Morgan fingerprint density at radius 2 is 1.79 bits per heavy atom. The van der Waals surface area contributed by atoms with Crippen LogP contribution < -0.4 is 14.4 Å². The number of carbonyl (C=O) groups is 3. The second-order valence-corrected chi connectivity index (χ2v) is 8.25. The molecule has 3 aromatic carbocycles. The number of fused-ring (bicyclic) bond motifs is 1. The normalized spacial score (nSPS) is 16.8. The lowest BCUT2D eigenvalue weighted by Gasteiger charge is -2.28. The minimum absolute atomic E-state index is 0.0877. The van der Waals surface area contributed by atoms with E-state index in [0.717, 1.165) is 16.0 Å². The summed E-state index contributed by atoms with van der Waals surface area (Å²) in [5.74, 6) is -0.656. The smallest absolute Gasteiger partial charge is 0.257 e. The number of anilines is 1. The molecule has 0 aliphatic carbocycles. The van der Waals surface area contributed by atoms with Gasteiger partial charge in [-0.15, -0.1) is 0 Å². The first-order valence-corrected chi connectivity index (χ1v) is 10.8. The summed E-state index contributed by atoms with van der Waals surface area (Å²) in [7, 11) is 0. The Labute approximate surface area is 195 Å². The van der Waals surface area contributed by atoms with Crippen LogP contribution in [0.15, 0.2) is 66.7 Å². The van der Waals surface area contributed by atoms with Crippen molar-refractivity contribution in [3.8, 4) is 11.5 Å². The number of nitrogens with zero attached hydrogens (tertiary/aromatic N) is 2. The summed E-state index contributed by atoms with van der Waals surface area (Å²) in [6.45, 7) is 2.08. The second-order valence-electron chi connectivity index (χ2n) is 8.25. The van der Waals surface area contributed by atoms with Gasteiger partial charge in [-0.1, -0.05) is 23.8 Å². The van der Waals surface area contributed by atoms with E-state index in [0.29, 0.717) is 17.1 Å². The maximum absolute atomic E-state index is 13.6. The number of rotatable bonds is 5. The highest BCUT2D eigenvalue weighted by Gasteiger charge is 2.44. The molecule has 0 spiro atoms. The fourth-order valence-electron chi connectivity index (χ4n) is 4.22. The number of hydrogen-bond acceptors (Lipinski definition) is 5. The lowest BCUT2D eigenvalue weighted by Crippen LogP contribution is -2.45. The van der Waals surface area contributed by atoms with Crippen LogP contribution in [-0.2, 0) is 16.1 Å². The predicted molar refractivity (Wildman–Crippen MR) is 121 cm³/mol. The van der Waals surface area contributed by atoms with Gasteiger partial charge in [0.2, 0.25) is 12.7 Å². The Balaban J connectivity index is 1.50. The Bertz CT molecular complexity index is 1290. The summed E-state index contributed by atoms with van der Waals surface area (Å²) in [5.41, 5.74) is 2.31. The van der Waals surface area contributed by atoms with Crippen LogP contribution >= 0.6 is 0 Å². The number of imide groups is 1. The van der Waals surface area contributed by atoms with Gasteiger partial charge in [-0.25, -0.2) is 9.29 Å². The van der Waals surface area contributed by atoms with Crippen molar-refractivity contribution >= 4 is 23.4 Å². The van der Waals surface area contributed by atoms with Crippen molar-refractivity contribution in [2.45, 2.75) is 25.9 Å². The van der Waals surface area contributed by atoms with Crippen molar-refractivity contribution in [1.29, 1.82) is 0 Å². The minimum atomic E-state index is -1.00. The van der Waals surface area contributed by atoms with Crippen LogP contribution in [0, 0.1) is 12.7 Å². The van der Waals surface area contributed by atoms with Crippen molar-refractivity contribution < 1.29 is 28.2 Å². The van der Waals surface area contributed by atoms with Crippen LogP contribution in [0.4, 0.5) is 10.1 Å². The molecule has 1 unspecified atom stereocenters. The molecule has 2 heterocycles. The van der Waals surface area contributed by atoms with Crippen LogP contribution in [0.5, 0.6) is 11.5 Å². The first-order valence-electron chi connectivity index (χ1n) is 10.8. The first kappa shape index (κ1) is 21.6. The molecule has 8 heteroatoms. The number of carbonyl (C=O) groups excluding carboxylic acids is 3. The largest absolute Gasteiger partial charge is 0.454 e. The van der Waals surface area contributed by atoms with Crippen molar-refractivity contribution in [2.75, 3.05) is 11.7 Å². The molecule has 3 aromatic rings. The predicted octanol–water partition coefficient (Wildman–Crippen LogP) is 3.84. The highest BCUT2D eigenvalue weighted by Crippen LogP contribution is 2.34. The third-order valence-electron chi connectivity index (χ3n) is 5.90. The minimum Gasteiger partial charge on any atom is -0.454 e. The molecule has 0 bridgehead atoms. The molecule has 34 heavy (non-hydrogen) atoms. The van der Waals surface area contributed by atoms with Gasteiger partial charge in [0, 0.05) is 12.1 Å². The van der Waals surface area contributed by atoms with Crippen molar-refractivity contribution in [1.82, 2.24) is 4.90 Å². The SMILES string of the molecule is Cc1cccc(C(=O)N(Cc2ccc3c(c2)OCO3)C2CC(=O)N(c3ccc(F)cc3)C2=O)c1. The molecule has 2 aliphatic heterocycles. The van der Waals surface area contributed by atoms with Crippen LogP contribution in [0.3, 0.4) is 0 Å². The average Bonchev–Trinajstić information content (AvgIpc) is 3.41. The van der Waals surface area contributed by atoms with Gasteiger partial charge in [-0.3, -0.25) is 14.4 Å². The Hall–Kier alpha value is -4.20. The van der Waals surface area contributed by atoms with E-state index in [9.17, 15) is 18.8 Å². The second kappa shape index (κ2) is 8.62. The van der Waals surface area contributed by atoms with E-state index in [1.54, 1.807) is 36.4 Å². The van der Waals surface area contributed by atoms with E-state index >= 15 is 0 Å². The maximum atomic E-state index is 13.6. The fourth-order valence-corrected chi connectivity index (χ4v) is 4.22. The summed E-state index contributed by atoms with van der Waals surface area (Å²) in [6.07, 6.45) is -0.168. The molecule has 1 atom stereocenters. The van der Waals surface area contributed by atoms with Gasteiger partial charge in [-0.05, 0) is 61.0 Å². The summed E-state index contributed by atoms with van der Waals surface area (Å²) in [6, 6.07) is 16.5. The van der Waals surface area contributed by atoms with Crippen LogP contribution in [0.25, 0.3) is 0 Å². The zero-order valence-electron chi connectivity index (χ0n) is 18.4. The number of ether oxygens (including phenoxy) is 2. The van der Waals surface area contributed by atoms with Gasteiger partial charge in [-0.2, -0.15) is 0 Å². The van der Waals surface area contributed by atoms with Crippen LogP contribution in [0.2, 0.25) is 0 Å². The Morgan fingerprint density at radius 3 is 2.56 bits per heavy atom. The van der Waals surface area contributed by atoms with Crippen LogP contribution in [-0.4, -0.2) is 35.5 Å². The molecular formula is C26H21FN2O5. The molecule has 1 saturated heterocycles. The molecule has 172 valence electrons. The molecule has 1 fully saturated rings. The molecule has 0 saturated carbocycles. The summed E-state index contributed by atoms with van der Waals surface area (Å²) in [5, 5.41) is 0. The zero-order valence-corrected chi connectivity index (χ0v) is 18.4. The van der Waals surface area contributed by atoms with E-state index in [-0.39, 0.29) is 31.4 Å². The van der Waals surface area contributed by atoms with Gasteiger partial charge >= 0.3 is 0 Å². The summed E-state index contributed by atoms with van der Waals surface area (Å²) < 4.78 is 24.2. The number of benzene rings is 3. The number of hydrogen-bond donors (Lipinski definition) is 0. The highest BCUT2D eigenvalue weighted by molar-refractivity contribution is 6.23. The summed E-state index contributed by atoms with van der Waals surface area (Å²) >= 11 is 0. The van der Waals surface area contributed by atoms with E-state index in [1.165, 1.54) is 29.2 Å². The molecular weight excluding hydrogens is 439 g/mol. The van der Waals surface area contributed by atoms with E-state index in [2.05, 4.69) is 0 Å². The zero-order chi connectivity index (χ0) is 23.8. The van der Waals surface area contributed by atoms with E-state index in [4.69, 9.17) is 9.47 Å². The van der Waals surface area contributed by atoms with Gasteiger partial charge < -0.3 is 14.4 Å². The molecule has 0 aromatic heterocycles. The highest BCUT2D eigenvalue weighted by atomic mass is 19.1. The van der Waals surface area contributed by atoms with Crippen molar-refractivity contribution in [2.24, 2.45) is 0 Å². The average molecular weight is 460 g/mol. The molecule has 7 nitrogen and oxygen atoms in total. The van der Waals surface area contributed by atoms with Gasteiger partial charge in [0.15, 0.2) is 11.5 Å². The quantitative estimate of drug-likeness (QED) is 0.541. The molecule has 3 amide bonds.